The van der Waals surface area contributed by atoms with Crippen LogP contribution in [0.25, 0.3) is 0 Å². The van der Waals surface area contributed by atoms with Gasteiger partial charge in [0.25, 0.3) is 0 Å². The Labute approximate surface area is 158 Å². The molecular weight excluding hydrogens is 370 g/mol. The molecule has 2 atom stereocenters. The molecule has 0 spiro atoms. The fourth-order valence-electron chi connectivity index (χ4n) is 2.71. The zero-order valence-electron chi connectivity index (χ0n) is 15.0. The van der Waals surface area contributed by atoms with E-state index in [-0.39, 0.29) is 35.9 Å². The molecule has 9 heteroatoms. The maximum absolute atomic E-state index is 12.6. The monoisotopic (exact) mass is 394 g/mol. The first-order valence-electron chi connectivity index (χ1n) is 8.22. The summed E-state index contributed by atoms with van der Waals surface area (Å²) in [5.41, 5.74) is 0.755. The number of benzene rings is 1. The molecule has 26 heavy (non-hydrogen) atoms. The van der Waals surface area contributed by atoms with E-state index >= 15 is 0 Å². The number of ether oxygens (including phenoxy) is 3. The van der Waals surface area contributed by atoms with Crippen LogP contribution in [-0.4, -0.2) is 56.4 Å². The maximum atomic E-state index is 12.6. The highest BCUT2D eigenvalue weighted by Gasteiger charge is 2.30. The second kappa shape index (κ2) is 10.5. The van der Waals surface area contributed by atoms with Crippen molar-refractivity contribution >= 4 is 18.3 Å². The zero-order valence-corrected chi connectivity index (χ0v) is 15.9. The van der Waals surface area contributed by atoms with Gasteiger partial charge in [-0.05, 0) is 31.5 Å². The topological polar surface area (TPSA) is 60.0 Å². The van der Waals surface area contributed by atoms with Gasteiger partial charge in [0.1, 0.15) is 6.04 Å². The van der Waals surface area contributed by atoms with Gasteiger partial charge in [0.2, 0.25) is 5.91 Å². The van der Waals surface area contributed by atoms with Crippen LogP contribution in [0.4, 0.5) is 8.78 Å². The summed E-state index contributed by atoms with van der Waals surface area (Å²) in [6.07, 6.45) is -0.204. The number of rotatable bonds is 7. The molecule has 0 aromatic heterocycles. The number of hydrogen-bond donors (Lipinski definition) is 1. The van der Waals surface area contributed by atoms with Crippen LogP contribution in [0, 0.1) is 0 Å². The fourth-order valence-corrected chi connectivity index (χ4v) is 2.71. The lowest BCUT2D eigenvalue weighted by Crippen LogP contribution is -2.55. The lowest BCUT2D eigenvalue weighted by atomic mass is 10.1. The highest BCUT2D eigenvalue weighted by Crippen LogP contribution is 2.30. The van der Waals surface area contributed by atoms with Crippen LogP contribution in [0.5, 0.6) is 11.5 Å². The third kappa shape index (κ3) is 5.96. The molecule has 148 valence electrons. The summed E-state index contributed by atoms with van der Waals surface area (Å²) in [5.74, 6) is 0.122. The van der Waals surface area contributed by atoms with Gasteiger partial charge in [0, 0.05) is 20.1 Å². The van der Waals surface area contributed by atoms with Crippen LogP contribution in [0.3, 0.4) is 0 Å². The Morgan fingerprint density at radius 1 is 1.42 bits per heavy atom. The van der Waals surface area contributed by atoms with Gasteiger partial charge in [-0.25, -0.2) is 0 Å². The minimum Gasteiger partial charge on any atom is -0.490 e. The number of carbonyl (C=O) groups excluding carboxylic acids is 1. The van der Waals surface area contributed by atoms with E-state index in [0.717, 1.165) is 5.56 Å². The highest BCUT2D eigenvalue weighted by atomic mass is 35.5. The fraction of sp³-hybridized carbons (Fsp3) is 0.588. The molecule has 1 amide bonds. The number of nitrogens with zero attached hydrogens (tertiary/aromatic N) is 1. The zero-order chi connectivity index (χ0) is 18.4. The van der Waals surface area contributed by atoms with E-state index in [1.54, 1.807) is 31.0 Å². The number of likely N-dealkylation sites (N-methyl/N-ethyl adjacent to an activating group) is 1. The molecule has 0 radical (unpaired) electrons. The lowest BCUT2D eigenvalue weighted by Gasteiger charge is -2.32. The van der Waals surface area contributed by atoms with Gasteiger partial charge in [-0.15, -0.1) is 12.4 Å². The molecule has 0 saturated carbocycles. The standard InChI is InChI=1S/C17H24F2N2O4.ClH/c1-4-23-14-9-12(5-6-13(14)25-17(18)19)10-21(3)16(22)15-11(2)24-8-7-20-15;/h5-6,9,11,15,17,20H,4,7-8,10H2,1-3H3;1H/t11-,15+;/m1./s1. The van der Waals surface area contributed by atoms with E-state index in [0.29, 0.717) is 26.3 Å². The molecule has 1 aromatic carbocycles. The summed E-state index contributed by atoms with van der Waals surface area (Å²) in [7, 11) is 1.69. The van der Waals surface area contributed by atoms with Crippen molar-refractivity contribution in [1.82, 2.24) is 10.2 Å². The van der Waals surface area contributed by atoms with E-state index in [2.05, 4.69) is 10.1 Å². The van der Waals surface area contributed by atoms with E-state index in [1.807, 2.05) is 6.92 Å². The van der Waals surface area contributed by atoms with E-state index in [4.69, 9.17) is 9.47 Å². The second-order valence-electron chi connectivity index (χ2n) is 5.79. The summed E-state index contributed by atoms with van der Waals surface area (Å²) in [6, 6.07) is 4.28. The van der Waals surface area contributed by atoms with Crippen molar-refractivity contribution in [3.8, 4) is 11.5 Å². The van der Waals surface area contributed by atoms with Gasteiger partial charge >= 0.3 is 6.61 Å². The van der Waals surface area contributed by atoms with Crippen LogP contribution in [0.2, 0.25) is 0 Å². The van der Waals surface area contributed by atoms with Gasteiger partial charge in [-0.2, -0.15) is 8.78 Å². The smallest absolute Gasteiger partial charge is 0.387 e. The highest BCUT2D eigenvalue weighted by molar-refractivity contribution is 5.85. The number of hydrogen-bond acceptors (Lipinski definition) is 5. The van der Waals surface area contributed by atoms with Gasteiger partial charge in [0.15, 0.2) is 11.5 Å². The first-order chi connectivity index (χ1) is 11.9. The van der Waals surface area contributed by atoms with Gasteiger partial charge in [-0.3, -0.25) is 4.79 Å². The van der Waals surface area contributed by atoms with Crippen LogP contribution < -0.4 is 14.8 Å². The molecule has 1 heterocycles. The predicted molar refractivity (Wildman–Crippen MR) is 95.2 cm³/mol. The number of nitrogens with one attached hydrogen (secondary N) is 1. The Hall–Kier alpha value is -1.64. The number of halogens is 3. The number of morpholine rings is 1. The Morgan fingerprint density at radius 2 is 2.15 bits per heavy atom. The SMILES string of the molecule is CCOc1cc(CN(C)C(=O)[C@H]2NCCO[C@@H]2C)ccc1OC(F)F.Cl. The molecule has 1 aliphatic rings. The van der Waals surface area contributed by atoms with Gasteiger partial charge in [0.05, 0.1) is 19.3 Å². The van der Waals surface area contributed by atoms with Crippen LogP contribution in [0.1, 0.15) is 19.4 Å². The predicted octanol–water partition coefficient (Wildman–Crippen LogP) is 2.44. The number of carbonyl (C=O) groups is 1. The molecule has 2 rings (SSSR count). The van der Waals surface area contributed by atoms with Gasteiger partial charge < -0.3 is 24.4 Å². The first-order valence-corrected chi connectivity index (χ1v) is 8.22. The molecule has 0 unspecified atom stereocenters. The number of alkyl halides is 2. The van der Waals surface area contributed by atoms with Gasteiger partial charge in [-0.1, -0.05) is 6.07 Å². The third-order valence-electron chi connectivity index (χ3n) is 3.90. The van der Waals surface area contributed by atoms with Crippen molar-refractivity contribution in [3.63, 3.8) is 0 Å². The molecular formula is C17H25ClF2N2O4. The van der Waals surface area contributed by atoms with E-state index < -0.39 is 12.7 Å². The molecule has 0 aliphatic carbocycles. The Bertz CT molecular complexity index is 592. The Kier molecular flexibility index (Phi) is 9.04. The first kappa shape index (κ1) is 22.4. The van der Waals surface area contributed by atoms with Crippen molar-refractivity contribution < 1.29 is 27.8 Å². The van der Waals surface area contributed by atoms with Crippen molar-refractivity contribution in [3.05, 3.63) is 23.8 Å². The summed E-state index contributed by atoms with van der Waals surface area (Å²) < 4.78 is 40.2. The summed E-state index contributed by atoms with van der Waals surface area (Å²) in [5, 5.41) is 3.15. The van der Waals surface area contributed by atoms with Crippen molar-refractivity contribution in [2.45, 2.75) is 39.1 Å². The normalized spacial score (nSPS) is 19.6. The van der Waals surface area contributed by atoms with Crippen LogP contribution >= 0.6 is 12.4 Å². The molecule has 1 fully saturated rings. The molecule has 1 aliphatic heterocycles. The summed E-state index contributed by atoms with van der Waals surface area (Å²) in [6.45, 7) is 2.53. The van der Waals surface area contributed by atoms with E-state index in [1.165, 1.54) is 6.07 Å². The summed E-state index contributed by atoms with van der Waals surface area (Å²) >= 11 is 0. The molecule has 1 saturated heterocycles. The summed E-state index contributed by atoms with van der Waals surface area (Å²) in [4.78, 5) is 14.1. The van der Waals surface area contributed by atoms with Crippen LogP contribution in [-0.2, 0) is 16.1 Å². The molecule has 6 nitrogen and oxygen atoms in total. The number of amides is 1. The third-order valence-corrected chi connectivity index (χ3v) is 3.90. The maximum Gasteiger partial charge on any atom is 0.387 e. The molecule has 0 bridgehead atoms. The largest absolute Gasteiger partial charge is 0.490 e. The van der Waals surface area contributed by atoms with E-state index in [9.17, 15) is 13.6 Å². The van der Waals surface area contributed by atoms with Crippen molar-refractivity contribution in [2.75, 3.05) is 26.8 Å². The Balaban J connectivity index is 0.00000338. The average molecular weight is 395 g/mol. The van der Waals surface area contributed by atoms with Crippen molar-refractivity contribution in [2.24, 2.45) is 0 Å². The quantitative estimate of drug-likeness (QED) is 0.769. The van der Waals surface area contributed by atoms with Crippen LogP contribution in [0.15, 0.2) is 18.2 Å². The molecule has 1 aromatic rings. The lowest BCUT2D eigenvalue weighted by molar-refractivity contribution is -0.138. The minimum atomic E-state index is -2.92. The molecule has 1 N–H and O–H groups in total. The average Bonchev–Trinajstić information content (AvgIpc) is 2.57. The Morgan fingerprint density at radius 3 is 2.77 bits per heavy atom. The minimum absolute atomic E-state index is 0. The van der Waals surface area contributed by atoms with Crippen molar-refractivity contribution in [1.29, 1.82) is 0 Å². The second-order valence-corrected chi connectivity index (χ2v) is 5.79.